The van der Waals surface area contributed by atoms with Crippen molar-refractivity contribution in [3.8, 4) is 0 Å². The average Bonchev–Trinajstić information content (AvgIpc) is 2.82. The molecular weight excluding hydrogens is 462 g/mol. The molecule has 2 rings (SSSR count). The molecule has 1 unspecified atom stereocenters. The molecule has 7 nitrogen and oxygen atoms in total. The van der Waals surface area contributed by atoms with Crippen molar-refractivity contribution in [1.29, 1.82) is 0 Å². The quantitative estimate of drug-likeness (QED) is 0.267. The third-order valence-corrected chi connectivity index (χ3v) is 7.10. The molecule has 0 saturated heterocycles. The second-order valence-electron chi connectivity index (χ2n) is 7.69. The van der Waals surface area contributed by atoms with Gasteiger partial charge in [0.25, 0.3) is 0 Å². The second-order valence-corrected chi connectivity index (χ2v) is 10.2. The normalized spacial score (nSPS) is 12.4. The molecule has 0 aliphatic carbocycles. The van der Waals surface area contributed by atoms with Crippen LogP contribution < -0.4 is 0 Å². The zero-order valence-electron chi connectivity index (χ0n) is 19.8. The fourth-order valence-electron chi connectivity index (χ4n) is 2.85. The number of carbonyl (C=O) groups is 1. The molecule has 33 heavy (non-hydrogen) atoms. The molecular formula is C24H36NO6S2+. The van der Waals surface area contributed by atoms with E-state index in [2.05, 4.69) is 37.2 Å². The third kappa shape index (κ3) is 12.8. The summed E-state index contributed by atoms with van der Waals surface area (Å²) >= 11 is 1.89. The maximum atomic E-state index is 12.2. The van der Waals surface area contributed by atoms with Gasteiger partial charge in [-0.15, -0.1) is 11.8 Å². The molecule has 184 valence electrons. The minimum atomic E-state index is -4.16. The SMILES string of the molecule is CC[N+](C)(CC)CCSC(COC(=O)Cc1ccccc1)c1ccccc1.COS(=O)(=O)O. The van der Waals surface area contributed by atoms with Gasteiger partial charge in [0.15, 0.2) is 0 Å². The first-order chi connectivity index (χ1) is 15.6. The predicted molar refractivity (Wildman–Crippen MR) is 133 cm³/mol. The maximum Gasteiger partial charge on any atom is 0.397 e. The first kappa shape index (κ1) is 29.1. The van der Waals surface area contributed by atoms with Gasteiger partial charge in [-0.05, 0) is 25.0 Å². The van der Waals surface area contributed by atoms with Crippen molar-refractivity contribution in [3.05, 3.63) is 71.8 Å². The number of quaternary nitrogens is 1. The number of esters is 1. The van der Waals surface area contributed by atoms with Crippen molar-refractivity contribution in [2.45, 2.75) is 25.5 Å². The molecule has 0 radical (unpaired) electrons. The first-order valence-corrected chi connectivity index (χ1v) is 13.3. The van der Waals surface area contributed by atoms with Gasteiger partial charge < -0.3 is 9.22 Å². The fourth-order valence-corrected chi connectivity index (χ4v) is 4.19. The summed E-state index contributed by atoms with van der Waals surface area (Å²) < 4.78 is 36.4. The Labute approximate surface area is 202 Å². The zero-order valence-corrected chi connectivity index (χ0v) is 21.5. The number of hydrogen-bond acceptors (Lipinski definition) is 6. The van der Waals surface area contributed by atoms with Crippen molar-refractivity contribution >= 4 is 28.1 Å². The number of benzene rings is 2. The second kappa shape index (κ2) is 15.1. The molecule has 0 aromatic heterocycles. The van der Waals surface area contributed by atoms with Gasteiger partial charge in [-0.2, -0.15) is 8.42 Å². The monoisotopic (exact) mass is 498 g/mol. The summed E-state index contributed by atoms with van der Waals surface area (Å²) in [6, 6.07) is 20.1. The summed E-state index contributed by atoms with van der Waals surface area (Å²) in [6.07, 6.45) is 0.327. The van der Waals surface area contributed by atoms with E-state index in [9.17, 15) is 13.2 Å². The molecule has 1 N–H and O–H groups in total. The summed E-state index contributed by atoms with van der Waals surface area (Å²) in [5, 5.41) is 0.174. The molecule has 2 aromatic rings. The molecule has 0 heterocycles. The summed E-state index contributed by atoms with van der Waals surface area (Å²) in [4.78, 5) is 12.2. The van der Waals surface area contributed by atoms with Crippen LogP contribution in [0.15, 0.2) is 60.7 Å². The zero-order chi connectivity index (χ0) is 24.7. The molecule has 1 atom stereocenters. The molecule has 0 bridgehead atoms. The van der Waals surface area contributed by atoms with Gasteiger partial charge in [0.05, 0.1) is 45.5 Å². The lowest BCUT2D eigenvalue weighted by atomic mass is 10.1. The van der Waals surface area contributed by atoms with Crippen LogP contribution in [0.4, 0.5) is 0 Å². The van der Waals surface area contributed by atoms with E-state index in [1.54, 1.807) is 0 Å². The van der Waals surface area contributed by atoms with Crippen molar-refractivity contribution in [2.24, 2.45) is 0 Å². The molecule has 2 aromatic carbocycles. The average molecular weight is 499 g/mol. The molecule has 9 heteroatoms. The van der Waals surface area contributed by atoms with Crippen LogP contribution in [0.1, 0.15) is 30.2 Å². The Hall–Kier alpha value is -1.91. The van der Waals surface area contributed by atoms with E-state index < -0.39 is 10.4 Å². The number of ether oxygens (including phenoxy) is 1. The van der Waals surface area contributed by atoms with E-state index in [1.807, 2.05) is 60.3 Å². The smallest absolute Gasteiger partial charge is 0.397 e. The molecule has 0 aliphatic heterocycles. The summed E-state index contributed by atoms with van der Waals surface area (Å²) in [5.41, 5.74) is 2.21. The lowest BCUT2D eigenvalue weighted by Crippen LogP contribution is -2.45. The van der Waals surface area contributed by atoms with Crippen LogP contribution in [0, 0.1) is 0 Å². The minimum absolute atomic E-state index is 0.162. The Balaban J connectivity index is 0.000000801. The summed E-state index contributed by atoms with van der Waals surface area (Å²) in [7, 11) is -0.988. The number of carbonyl (C=O) groups excluding carboxylic acids is 1. The van der Waals surface area contributed by atoms with Crippen LogP contribution in [0.25, 0.3) is 0 Å². The van der Waals surface area contributed by atoms with Gasteiger partial charge in [-0.1, -0.05) is 60.7 Å². The number of thioether (sulfide) groups is 1. The highest BCUT2D eigenvalue weighted by Gasteiger charge is 2.20. The Morgan fingerprint density at radius 3 is 2.03 bits per heavy atom. The Kier molecular flexibility index (Phi) is 13.3. The van der Waals surface area contributed by atoms with E-state index in [0.29, 0.717) is 13.0 Å². The van der Waals surface area contributed by atoms with Crippen molar-refractivity contribution in [1.82, 2.24) is 0 Å². The van der Waals surface area contributed by atoms with Crippen LogP contribution in [-0.4, -0.2) is 69.6 Å². The predicted octanol–water partition coefficient (Wildman–Crippen LogP) is 4.17. The Bertz CT molecular complexity index is 903. The van der Waals surface area contributed by atoms with Crippen LogP contribution in [-0.2, 0) is 30.5 Å². The highest BCUT2D eigenvalue weighted by molar-refractivity contribution is 7.99. The van der Waals surface area contributed by atoms with Crippen LogP contribution in [0.2, 0.25) is 0 Å². The van der Waals surface area contributed by atoms with Gasteiger partial charge in [-0.3, -0.25) is 13.5 Å². The van der Waals surface area contributed by atoms with Crippen LogP contribution >= 0.6 is 11.8 Å². The van der Waals surface area contributed by atoms with Gasteiger partial charge in [-0.25, -0.2) is 0 Å². The topological polar surface area (TPSA) is 89.9 Å². The van der Waals surface area contributed by atoms with E-state index in [1.165, 1.54) is 5.56 Å². The maximum absolute atomic E-state index is 12.2. The molecule has 0 spiro atoms. The third-order valence-electron chi connectivity index (χ3n) is 5.45. The number of rotatable bonds is 12. The standard InChI is InChI=1S/C23H32NO2S.CH4O4S/c1-4-24(3,5-2)16-17-27-22(21-14-10-7-11-15-21)19-26-23(25)18-20-12-8-6-9-13-20;1-5-6(2,3)4/h6-15,22H,4-5,16-19H2,1-3H3;1H3,(H,2,3,4)/q+1;. The molecule has 0 fully saturated rings. The molecule has 0 aliphatic rings. The highest BCUT2D eigenvalue weighted by atomic mass is 32.3. The Morgan fingerprint density at radius 2 is 1.55 bits per heavy atom. The van der Waals surface area contributed by atoms with Gasteiger partial charge in [0.2, 0.25) is 0 Å². The minimum Gasteiger partial charge on any atom is -0.464 e. The van der Waals surface area contributed by atoms with E-state index in [4.69, 9.17) is 9.29 Å². The molecule has 0 saturated carbocycles. The van der Waals surface area contributed by atoms with Gasteiger partial charge >= 0.3 is 16.4 Å². The lowest BCUT2D eigenvalue weighted by molar-refractivity contribution is -0.903. The summed E-state index contributed by atoms with van der Waals surface area (Å²) in [5.74, 6) is 0.888. The van der Waals surface area contributed by atoms with E-state index >= 15 is 0 Å². The fraction of sp³-hybridized carbons (Fsp3) is 0.458. The van der Waals surface area contributed by atoms with Crippen LogP contribution in [0.5, 0.6) is 0 Å². The number of nitrogens with zero attached hydrogens (tertiary/aromatic N) is 1. The van der Waals surface area contributed by atoms with Crippen LogP contribution in [0.3, 0.4) is 0 Å². The van der Waals surface area contributed by atoms with Crippen molar-refractivity contribution in [2.75, 3.05) is 46.2 Å². The Morgan fingerprint density at radius 1 is 1.03 bits per heavy atom. The van der Waals surface area contributed by atoms with E-state index in [-0.39, 0.29) is 11.2 Å². The first-order valence-electron chi connectivity index (χ1n) is 10.8. The summed E-state index contributed by atoms with van der Waals surface area (Å²) in [6.45, 7) is 8.31. The van der Waals surface area contributed by atoms with Crippen molar-refractivity contribution in [3.63, 3.8) is 0 Å². The lowest BCUT2D eigenvalue weighted by Gasteiger charge is -2.32. The van der Waals surface area contributed by atoms with E-state index in [0.717, 1.165) is 42.5 Å². The molecule has 0 amide bonds. The van der Waals surface area contributed by atoms with Crippen molar-refractivity contribution < 1.29 is 31.2 Å². The largest absolute Gasteiger partial charge is 0.464 e. The van der Waals surface area contributed by atoms with Gasteiger partial charge in [0, 0.05) is 5.75 Å². The highest BCUT2D eigenvalue weighted by Crippen LogP contribution is 2.29. The van der Waals surface area contributed by atoms with Gasteiger partial charge in [0.1, 0.15) is 6.61 Å². The number of hydrogen-bond donors (Lipinski definition) is 1.